The molecule has 0 saturated carbocycles. The van der Waals surface area contributed by atoms with E-state index >= 15 is 0 Å². The van der Waals surface area contributed by atoms with E-state index in [1.807, 2.05) is 6.07 Å². The predicted molar refractivity (Wildman–Crippen MR) is 79.6 cm³/mol. The fourth-order valence-corrected chi connectivity index (χ4v) is 3.65. The first-order valence-corrected chi connectivity index (χ1v) is 7.55. The molecule has 0 spiro atoms. The summed E-state index contributed by atoms with van der Waals surface area (Å²) in [5.41, 5.74) is 7.60. The van der Waals surface area contributed by atoms with Gasteiger partial charge < -0.3 is 5.73 Å². The molecule has 1 aliphatic heterocycles. The third kappa shape index (κ3) is 2.98. The summed E-state index contributed by atoms with van der Waals surface area (Å²) in [7, 11) is 0. The molecule has 19 heavy (non-hydrogen) atoms. The minimum absolute atomic E-state index is 0.192. The SMILES string of the molecule is N[C@@H]1CN(Cc2ncc(Cl)s2)C[C@H]1c1ccccc1. The zero-order valence-corrected chi connectivity index (χ0v) is 12.1. The lowest BCUT2D eigenvalue weighted by Gasteiger charge is -2.14. The van der Waals surface area contributed by atoms with E-state index in [0.29, 0.717) is 5.92 Å². The lowest BCUT2D eigenvalue weighted by atomic mass is 9.95. The van der Waals surface area contributed by atoms with E-state index in [9.17, 15) is 0 Å². The van der Waals surface area contributed by atoms with E-state index in [0.717, 1.165) is 29.0 Å². The topological polar surface area (TPSA) is 42.1 Å². The van der Waals surface area contributed by atoms with Gasteiger partial charge in [-0.1, -0.05) is 41.9 Å². The highest BCUT2D eigenvalue weighted by Crippen LogP contribution is 2.28. The highest BCUT2D eigenvalue weighted by Gasteiger charge is 2.31. The van der Waals surface area contributed by atoms with Gasteiger partial charge in [-0.3, -0.25) is 4.90 Å². The molecule has 1 aliphatic rings. The molecule has 3 rings (SSSR count). The first-order chi connectivity index (χ1) is 9.22. The molecule has 3 nitrogen and oxygen atoms in total. The van der Waals surface area contributed by atoms with Crippen LogP contribution in [0.25, 0.3) is 0 Å². The second-order valence-electron chi connectivity index (χ2n) is 4.93. The Morgan fingerprint density at radius 2 is 2.11 bits per heavy atom. The first-order valence-electron chi connectivity index (χ1n) is 6.35. The lowest BCUT2D eigenvalue weighted by Crippen LogP contribution is -2.28. The van der Waals surface area contributed by atoms with Crippen molar-refractivity contribution in [3.63, 3.8) is 0 Å². The molecule has 0 radical (unpaired) electrons. The number of hydrogen-bond donors (Lipinski definition) is 1. The second-order valence-corrected chi connectivity index (χ2v) is 6.68. The quantitative estimate of drug-likeness (QED) is 0.946. The molecule has 2 N–H and O–H groups in total. The van der Waals surface area contributed by atoms with E-state index < -0.39 is 0 Å². The van der Waals surface area contributed by atoms with Crippen LogP contribution in [-0.4, -0.2) is 29.0 Å². The van der Waals surface area contributed by atoms with Gasteiger partial charge in [0.05, 0.1) is 12.7 Å². The van der Waals surface area contributed by atoms with Crippen LogP contribution in [0, 0.1) is 0 Å². The normalized spacial score (nSPS) is 23.9. The Hall–Kier alpha value is -0.940. The molecule has 2 aromatic rings. The van der Waals surface area contributed by atoms with Crippen LogP contribution in [0.3, 0.4) is 0 Å². The summed E-state index contributed by atoms with van der Waals surface area (Å²) in [6.45, 7) is 2.74. The van der Waals surface area contributed by atoms with Crippen molar-refractivity contribution in [2.45, 2.75) is 18.5 Å². The maximum Gasteiger partial charge on any atom is 0.113 e. The standard InChI is InChI=1S/C14H16ClN3S/c15-13-6-17-14(19-13)9-18-7-11(12(16)8-18)10-4-2-1-3-5-10/h1-6,11-12H,7-9,16H2/t11-,12+/m0/s1. The van der Waals surface area contributed by atoms with Gasteiger partial charge in [0.15, 0.2) is 0 Å². The van der Waals surface area contributed by atoms with E-state index in [-0.39, 0.29) is 6.04 Å². The lowest BCUT2D eigenvalue weighted by molar-refractivity contribution is 0.323. The predicted octanol–water partition coefficient (Wildman–Crippen LogP) is 2.72. The molecule has 100 valence electrons. The summed E-state index contributed by atoms with van der Waals surface area (Å²) in [6.07, 6.45) is 1.71. The molecule has 1 fully saturated rings. The van der Waals surface area contributed by atoms with Gasteiger partial charge in [-0.15, -0.1) is 11.3 Å². The van der Waals surface area contributed by atoms with Gasteiger partial charge in [0.2, 0.25) is 0 Å². The number of benzene rings is 1. The number of nitrogens with two attached hydrogens (primary N) is 1. The smallest absolute Gasteiger partial charge is 0.113 e. The van der Waals surface area contributed by atoms with Gasteiger partial charge in [-0.25, -0.2) is 4.98 Å². The molecule has 0 aliphatic carbocycles. The highest BCUT2D eigenvalue weighted by molar-refractivity contribution is 7.15. The van der Waals surface area contributed by atoms with Gasteiger partial charge in [-0.05, 0) is 5.56 Å². The Labute approximate surface area is 122 Å². The molecule has 1 aromatic heterocycles. The summed E-state index contributed by atoms with van der Waals surface area (Å²) < 4.78 is 0.748. The number of halogens is 1. The average Bonchev–Trinajstić information content (AvgIpc) is 2.97. The zero-order chi connectivity index (χ0) is 13.2. The maximum absolute atomic E-state index is 6.28. The third-order valence-electron chi connectivity index (χ3n) is 3.55. The first kappa shape index (κ1) is 13.1. The van der Waals surface area contributed by atoms with E-state index in [1.165, 1.54) is 5.56 Å². The largest absolute Gasteiger partial charge is 0.326 e. The van der Waals surface area contributed by atoms with Crippen molar-refractivity contribution in [2.24, 2.45) is 5.73 Å². The van der Waals surface area contributed by atoms with Gasteiger partial charge in [0.1, 0.15) is 9.34 Å². The average molecular weight is 294 g/mol. The molecule has 0 amide bonds. The summed E-state index contributed by atoms with van der Waals surface area (Å²) in [5.74, 6) is 0.414. The number of nitrogens with zero attached hydrogens (tertiary/aromatic N) is 2. The van der Waals surface area contributed by atoms with Crippen molar-refractivity contribution in [1.29, 1.82) is 0 Å². The van der Waals surface area contributed by atoms with Crippen LogP contribution in [0.5, 0.6) is 0 Å². The van der Waals surface area contributed by atoms with Crippen LogP contribution in [0.4, 0.5) is 0 Å². The summed E-state index contributed by atoms with van der Waals surface area (Å²) >= 11 is 7.46. The number of aromatic nitrogens is 1. The van der Waals surface area contributed by atoms with E-state index in [2.05, 4.69) is 34.1 Å². The number of rotatable bonds is 3. The second kappa shape index (κ2) is 5.59. The van der Waals surface area contributed by atoms with Crippen molar-refractivity contribution in [2.75, 3.05) is 13.1 Å². The minimum Gasteiger partial charge on any atom is -0.326 e. The summed E-state index contributed by atoms with van der Waals surface area (Å²) in [6, 6.07) is 10.7. The summed E-state index contributed by atoms with van der Waals surface area (Å²) in [5, 5.41) is 1.06. The number of hydrogen-bond acceptors (Lipinski definition) is 4. The van der Waals surface area contributed by atoms with Crippen LogP contribution >= 0.6 is 22.9 Å². The number of likely N-dealkylation sites (tertiary alicyclic amines) is 1. The van der Waals surface area contributed by atoms with Crippen molar-refractivity contribution in [3.8, 4) is 0 Å². The van der Waals surface area contributed by atoms with Gasteiger partial charge in [0, 0.05) is 25.0 Å². The Bertz CT molecular complexity index is 543. The van der Waals surface area contributed by atoms with Crippen molar-refractivity contribution in [1.82, 2.24) is 9.88 Å². The maximum atomic E-state index is 6.28. The minimum atomic E-state index is 0.192. The fraction of sp³-hybridized carbons (Fsp3) is 0.357. The van der Waals surface area contributed by atoms with Gasteiger partial charge in [0.25, 0.3) is 0 Å². The van der Waals surface area contributed by atoms with Crippen LogP contribution in [-0.2, 0) is 6.54 Å². The fourth-order valence-electron chi connectivity index (χ4n) is 2.65. The van der Waals surface area contributed by atoms with Gasteiger partial charge in [-0.2, -0.15) is 0 Å². The third-order valence-corrected chi connectivity index (χ3v) is 4.65. The van der Waals surface area contributed by atoms with Gasteiger partial charge >= 0.3 is 0 Å². The van der Waals surface area contributed by atoms with Crippen LogP contribution in [0.15, 0.2) is 36.5 Å². The van der Waals surface area contributed by atoms with E-state index in [1.54, 1.807) is 17.5 Å². The van der Waals surface area contributed by atoms with E-state index in [4.69, 9.17) is 17.3 Å². The molecule has 2 atom stereocenters. The summed E-state index contributed by atoms with van der Waals surface area (Å²) in [4.78, 5) is 6.66. The highest BCUT2D eigenvalue weighted by atomic mass is 35.5. The molecular weight excluding hydrogens is 278 g/mol. The molecule has 5 heteroatoms. The molecule has 0 bridgehead atoms. The molecular formula is C14H16ClN3S. The Morgan fingerprint density at radius 3 is 2.79 bits per heavy atom. The van der Waals surface area contributed by atoms with Crippen LogP contribution < -0.4 is 5.73 Å². The molecule has 0 unspecified atom stereocenters. The molecule has 1 aromatic carbocycles. The Kier molecular flexibility index (Phi) is 3.84. The van der Waals surface area contributed by atoms with Crippen LogP contribution in [0.1, 0.15) is 16.5 Å². The number of thiazole rings is 1. The van der Waals surface area contributed by atoms with Crippen LogP contribution in [0.2, 0.25) is 4.34 Å². The monoisotopic (exact) mass is 293 g/mol. The van der Waals surface area contributed by atoms with Crippen molar-refractivity contribution in [3.05, 3.63) is 51.4 Å². The molecule has 1 saturated heterocycles. The Morgan fingerprint density at radius 1 is 1.32 bits per heavy atom. The molecule has 2 heterocycles. The van der Waals surface area contributed by atoms with Crippen molar-refractivity contribution >= 4 is 22.9 Å². The Balaban J connectivity index is 1.68. The zero-order valence-electron chi connectivity index (χ0n) is 10.5. The van der Waals surface area contributed by atoms with Crippen molar-refractivity contribution < 1.29 is 0 Å².